The molecule has 1 aromatic carbocycles. The first-order valence-electron chi connectivity index (χ1n) is 6.60. The predicted molar refractivity (Wildman–Crippen MR) is 75.4 cm³/mol. The number of carbonyl (C=O) groups excluding carboxylic acids is 1. The van der Waals surface area contributed by atoms with Crippen LogP contribution in [0.25, 0.3) is 0 Å². The second-order valence-electron chi connectivity index (χ2n) is 4.92. The molecule has 0 radical (unpaired) electrons. The fourth-order valence-corrected chi connectivity index (χ4v) is 1.79. The lowest BCUT2D eigenvalue weighted by Crippen LogP contribution is -2.33. The lowest BCUT2D eigenvalue weighted by atomic mass is 10.1. The summed E-state index contributed by atoms with van der Waals surface area (Å²) in [5.74, 6) is 0.121. The number of nitrogens with two attached hydrogens (primary N) is 1. The maximum atomic E-state index is 11.7. The van der Waals surface area contributed by atoms with Gasteiger partial charge in [-0.25, -0.2) is 0 Å². The smallest absolute Gasteiger partial charge is 0.223 e. The van der Waals surface area contributed by atoms with Crippen LogP contribution >= 0.6 is 0 Å². The zero-order valence-electron chi connectivity index (χ0n) is 11.6. The van der Waals surface area contributed by atoms with Crippen molar-refractivity contribution < 1.29 is 4.79 Å². The van der Waals surface area contributed by atoms with Gasteiger partial charge in [0.25, 0.3) is 0 Å². The molecule has 0 heterocycles. The van der Waals surface area contributed by atoms with Gasteiger partial charge < -0.3 is 10.6 Å². The quantitative estimate of drug-likeness (QED) is 0.837. The minimum absolute atomic E-state index is 0.0659. The average molecular weight is 248 g/mol. The Hall–Kier alpha value is -1.35. The van der Waals surface area contributed by atoms with Gasteiger partial charge in [-0.3, -0.25) is 4.79 Å². The third kappa shape index (κ3) is 4.88. The first kappa shape index (κ1) is 14.7. The van der Waals surface area contributed by atoms with E-state index in [4.69, 9.17) is 5.73 Å². The fraction of sp³-hybridized carbons (Fsp3) is 0.533. The Bertz CT molecular complexity index is 371. The molecule has 0 saturated heterocycles. The molecular weight excluding hydrogens is 224 g/mol. The second kappa shape index (κ2) is 7.17. The Morgan fingerprint density at radius 2 is 1.83 bits per heavy atom. The molecule has 100 valence electrons. The minimum atomic E-state index is -0.0659. The van der Waals surface area contributed by atoms with Crippen LogP contribution < -0.4 is 5.73 Å². The van der Waals surface area contributed by atoms with Gasteiger partial charge in [0.2, 0.25) is 5.91 Å². The third-order valence-corrected chi connectivity index (χ3v) is 3.09. The molecule has 1 amide bonds. The molecule has 0 aliphatic rings. The van der Waals surface area contributed by atoms with E-state index < -0.39 is 0 Å². The van der Waals surface area contributed by atoms with Crippen LogP contribution in [0.15, 0.2) is 24.3 Å². The average Bonchev–Trinajstić information content (AvgIpc) is 2.35. The Balaban J connectivity index is 2.41. The normalized spacial score (nSPS) is 12.2. The Morgan fingerprint density at radius 1 is 1.28 bits per heavy atom. The largest absolute Gasteiger partial charge is 0.345 e. The van der Waals surface area contributed by atoms with E-state index in [1.807, 2.05) is 14.0 Å². The van der Waals surface area contributed by atoms with Gasteiger partial charge >= 0.3 is 0 Å². The highest BCUT2D eigenvalue weighted by Crippen LogP contribution is 2.06. The number of likely N-dealkylation sites (N-methyl/N-ethyl adjacent to an activating group) is 1. The molecule has 0 aliphatic carbocycles. The monoisotopic (exact) mass is 248 g/mol. The molecule has 0 saturated carbocycles. The Morgan fingerprint density at radius 3 is 2.33 bits per heavy atom. The molecule has 1 atom stereocenters. The summed E-state index contributed by atoms with van der Waals surface area (Å²) in [5.41, 5.74) is 8.24. The van der Waals surface area contributed by atoms with E-state index in [2.05, 4.69) is 31.2 Å². The number of amides is 1. The van der Waals surface area contributed by atoms with Crippen LogP contribution in [0.2, 0.25) is 0 Å². The van der Waals surface area contributed by atoms with Crippen molar-refractivity contribution in [3.8, 4) is 0 Å². The Labute approximate surface area is 110 Å². The van der Waals surface area contributed by atoms with Crippen molar-refractivity contribution in [2.24, 2.45) is 5.73 Å². The van der Waals surface area contributed by atoms with Crippen molar-refractivity contribution in [3.63, 3.8) is 0 Å². The number of benzene rings is 1. The summed E-state index contributed by atoms with van der Waals surface area (Å²) in [6, 6.07) is 8.52. The zero-order valence-corrected chi connectivity index (χ0v) is 11.6. The molecule has 0 aromatic heterocycles. The summed E-state index contributed by atoms with van der Waals surface area (Å²) >= 11 is 0. The molecule has 18 heavy (non-hydrogen) atoms. The summed E-state index contributed by atoms with van der Waals surface area (Å²) < 4.78 is 0. The van der Waals surface area contributed by atoms with Gasteiger partial charge in [0.15, 0.2) is 0 Å². The zero-order chi connectivity index (χ0) is 13.5. The van der Waals surface area contributed by atoms with E-state index in [-0.39, 0.29) is 11.9 Å². The topological polar surface area (TPSA) is 46.3 Å². The van der Waals surface area contributed by atoms with E-state index in [9.17, 15) is 4.79 Å². The minimum Gasteiger partial charge on any atom is -0.345 e. The first-order valence-corrected chi connectivity index (χ1v) is 6.60. The van der Waals surface area contributed by atoms with Crippen molar-refractivity contribution in [3.05, 3.63) is 35.4 Å². The maximum absolute atomic E-state index is 11.7. The van der Waals surface area contributed by atoms with Crippen LogP contribution in [0.1, 0.15) is 31.4 Å². The van der Waals surface area contributed by atoms with Crippen LogP contribution in [0.5, 0.6) is 0 Å². The highest BCUT2D eigenvalue weighted by molar-refractivity contribution is 5.76. The second-order valence-corrected chi connectivity index (χ2v) is 4.92. The summed E-state index contributed by atoms with van der Waals surface area (Å²) in [7, 11) is 1.84. The summed E-state index contributed by atoms with van der Waals surface area (Å²) in [6.45, 7) is 4.75. The van der Waals surface area contributed by atoms with Gasteiger partial charge in [-0.1, -0.05) is 31.2 Å². The van der Waals surface area contributed by atoms with Gasteiger partial charge in [0.05, 0.1) is 0 Å². The summed E-state index contributed by atoms with van der Waals surface area (Å²) in [6.07, 6.45) is 2.38. The van der Waals surface area contributed by atoms with Crippen molar-refractivity contribution in [1.29, 1.82) is 0 Å². The SMILES string of the molecule is CCc1ccc(CCN(C)C(=O)CC(C)N)cc1. The fourth-order valence-electron chi connectivity index (χ4n) is 1.79. The van der Waals surface area contributed by atoms with Crippen LogP contribution in [-0.4, -0.2) is 30.4 Å². The number of carbonyl (C=O) groups is 1. The number of rotatable bonds is 6. The lowest BCUT2D eigenvalue weighted by Gasteiger charge is -2.18. The molecule has 0 bridgehead atoms. The lowest BCUT2D eigenvalue weighted by molar-refractivity contribution is -0.130. The van der Waals surface area contributed by atoms with E-state index in [1.165, 1.54) is 11.1 Å². The molecule has 1 aromatic rings. The molecule has 3 nitrogen and oxygen atoms in total. The molecule has 0 spiro atoms. The van der Waals surface area contributed by atoms with Crippen LogP contribution in [-0.2, 0) is 17.6 Å². The highest BCUT2D eigenvalue weighted by atomic mass is 16.2. The Kier molecular flexibility index (Phi) is 5.86. The van der Waals surface area contributed by atoms with Crippen LogP contribution in [0, 0.1) is 0 Å². The van der Waals surface area contributed by atoms with E-state index in [1.54, 1.807) is 4.90 Å². The van der Waals surface area contributed by atoms with Crippen molar-refractivity contribution >= 4 is 5.91 Å². The van der Waals surface area contributed by atoms with Crippen molar-refractivity contribution in [2.75, 3.05) is 13.6 Å². The highest BCUT2D eigenvalue weighted by Gasteiger charge is 2.10. The third-order valence-electron chi connectivity index (χ3n) is 3.09. The van der Waals surface area contributed by atoms with Crippen LogP contribution in [0.3, 0.4) is 0 Å². The number of hydrogen-bond acceptors (Lipinski definition) is 2. The van der Waals surface area contributed by atoms with Gasteiger partial charge in [-0.05, 0) is 30.9 Å². The molecule has 2 N–H and O–H groups in total. The number of nitrogens with zero attached hydrogens (tertiary/aromatic N) is 1. The molecule has 1 rings (SSSR count). The summed E-state index contributed by atoms with van der Waals surface area (Å²) in [5, 5.41) is 0. The molecular formula is C15H24N2O. The first-order chi connectivity index (χ1) is 8.52. The van der Waals surface area contributed by atoms with Crippen molar-refractivity contribution in [1.82, 2.24) is 4.90 Å². The maximum Gasteiger partial charge on any atom is 0.223 e. The van der Waals surface area contributed by atoms with E-state index in [0.717, 1.165) is 19.4 Å². The molecule has 1 unspecified atom stereocenters. The molecule has 3 heteroatoms. The number of aryl methyl sites for hydroxylation is 1. The van der Waals surface area contributed by atoms with Crippen molar-refractivity contribution in [2.45, 2.75) is 39.2 Å². The van der Waals surface area contributed by atoms with Gasteiger partial charge in [0, 0.05) is 26.1 Å². The van der Waals surface area contributed by atoms with Crippen LogP contribution in [0.4, 0.5) is 0 Å². The van der Waals surface area contributed by atoms with Gasteiger partial charge in [0.1, 0.15) is 0 Å². The molecule has 0 aliphatic heterocycles. The number of hydrogen-bond donors (Lipinski definition) is 1. The standard InChI is InChI=1S/C15H24N2O/c1-4-13-5-7-14(8-6-13)9-10-17(3)15(18)11-12(2)16/h5-8,12H,4,9-11,16H2,1-3H3. The van der Waals surface area contributed by atoms with E-state index in [0.29, 0.717) is 6.42 Å². The van der Waals surface area contributed by atoms with E-state index >= 15 is 0 Å². The van der Waals surface area contributed by atoms with Gasteiger partial charge in [-0.2, -0.15) is 0 Å². The van der Waals surface area contributed by atoms with Gasteiger partial charge in [-0.15, -0.1) is 0 Å². The molecule has 0 fully saturated rings. The predicted octanol–water partition coefficient (Wildman–Crippen LogP) is 1.99. The summed E-state index contributed by atoms with van der Waals surface area (Å²) in [4.78, 5) is 13.5.